The van der Waals surface area contributed by atoms with Gasteiger partial charge in [0.2, 0.25) is 18.6 Å². The Hall–Kier alpha value is -3.72. The van der Waals surface area contributed by atoms with E-state index >= 15 is 0 Å². The number of hydrogen-bond acceptors (Lipinski definition) is 7. The molecule has 2 aromatic carbocycles. The van der Waals surface area contributed by atoms with E-state index < -0.39 is 23.5 Å². The highest BCUT2D eigenvalue weighted by Crippen LogP contribution is 2.53. The van der Waals surface area contributed by atoms with Crippen LogP contribution in [0.2, 0.25) is 0 Å². The summed E-state index contributed by atoms with van der Waals surface area (Å²) in [5, 5.41) is 3.01. The Labute approximate surface area is 202 Å². The lowest BCUT2D eigenvalue weighted by atomic mass is 9.77. The first-order chi connectivity index (χ1) is 17.0. The molecular formula is C26H26N2O7. The molecule has 0 aromatic heterocycles. The minimum absolute atomic E-state index is 0.115. The monoisotopic (exact) mass is 478 g/mol. The van der Waals surface area contributed by atoms with Crippen LogP contribution in [0.4, 0.5) is 5.69 Å². The summed E-state index contributed by atoms with van der Waals surface area (Å²) in [5.41, 5.74) is 0.925. The molecular weight excluding hydrogens is 452 g/mol. The normalized spacial score (nSPS) is 27.3. The highest BCUT2D eigenvalue weighted by atomic mass is 16.7. The number of benzene rings is 2. The van der Waals surface area contributed by atoms with Crippen LogP contribution < -0.4 is 29.2 Å². The number of nitrogens with zero attached hydrogens (tertiary/aromatic N) is 1. The number of ether oxygens (including phenoxy) is 5. The highest BCUT2D eigenvalue weighted by molar-refractivity contribution is 6.03. The Balaban J connectivity index is 1.15. The molecule has 0 unspecified atom stereocenters. The van der Waals surface area contributed by atoms with E-state index in [9.17, 15) is 9.59 Å². The third-order valence-corrected chi connectivity index (χ3v) is 7.23. The second kappa shape index (κ2) is 8.20. The molecule has 4 aliphatic heterocycles. The van der Waals surface area contributed by atoms with Crippen molar-refractivity contribution in [1.29, 1.82) is 0 Å². The average molecular weight is 479 g/mol. The number of nitrogens with one attached hydrogen (secondary N) is 1. The third kappa shape index (κ3) is 3.41. The lowest BCUT2D eigenvalue weighted by molar-refractivity contribution is -0.131. The molecule has 2 amide bonds. The van der Waals surface area contributed by atoms with Crippen LogP contribution in [0.25, 0.3) is 0 Å². The predicted molar refractivity (Wildman–Crippen MR) is 125 cm³/mol. The maximum atomic E-state index is 13.5. The first-order valence-electron chi connectivity index (χ1n) is 11.6. The van der Waals surface area contributed by atoms with E-state index in [0.29, 0.717) is 48.2 Å². The molecule has 2 aromatic rings. The van der Waals surface area contributed by atoms with Crippen LogP contribution in [0.3, 0.4) is 0 Å². The molecule has 182 valence electrons. The van der Waals surface area contributed by atoms with Crippen LogP contribution in [-0.2, 0) is 20.7 Å². The van der Waals surface area contributed by atoms with Gasteiger partial charge in [0, 0.05) is 18.3 Å². The Bertz CT molecular complexity index is 1230. The van der Waals surface area contributed by atoms with Crippen LogP contribution in [-0.4, -0.2) is 57.6 Å². The topological polar surface area (TPSA) is 95.6 Å². The molecule has 4 heterocycles. The quantitative estimate of drug-likeness (QED) is 0.609. The van der Waals surface area contributed by atoms with Gasteiger partial charge in [-0.15, -0.1) is 0 Å². The zero-order valence-corrected chi connectivity index (χ0v) is 19.5. The van der Waals surface area contributed by atoms with Gasteiger partial charge >= 0.3 is 0 Å². The minimum Gasteiger partial charge on any atom is -0.493 e. The maximum absolute atomic E-state index is 13.5. The van der Waals surface area contributed by atoms with E-state index in [2.05, 4.69) is 5.32 Å². The van der Waals surface area contributed by atoms with Crippen molar-refractivity contribution in [3.8, 4) is 23.0 Å². The molecule has 9 heteroatoms. The fourth-order valence-corrected chi connectivity index (χ4v) is 5.55. The summed E-state index contributed by atoms with van der Waals surface area (Å²) in [6.45, 7) is 0.956. The van der Waals surface area contributed by atoms with Gasteiger partial charge < -0.3 is 33.9 Å². The number of fused-ring (bicyclic) bond motifs is 2. The van der Waals surface area contributed by atoms with Crippen molar-refractivity contribution in [2.45, 2.75) is 18.1 Å². The number of carbonyl (C=O) groups excluding carboxylic acids is 2. The number of hydrogen-bond donors (Lipinski definition) is 1. The van der Waals surface area contributed by atoms with E-state index in [1.54, 1.807) is 31.3 Å². The lowest BCUT2D eigenvalue weighted by Crippen LogP contribution is -2.44. The summed E-state index contributed by atoms with van der Waals surface area (Å²) in [5.74, 6) is 1.13. The Morgan fingerprint density at radius 1 is 1.11 bits per heavy atom. The number of anilines is 1. The van der Waals surface area contributed by atoms with Crippen LogP contribution in [0.5, 0.6) is 23.0 Å². The van der Waals surface area contributed by atoms with Gasteiger partial charge in [-0.25, -0.2) is 0 Å². The molecule has 0 aliphatic carbocycles. The molecule has 2 saturated heterocycles. The maximum Gasteiger partial charge on any atom is 0.234 e. The van der Waals surface area contributed by atoms with E-state index in [1.165, 1.54) is 0 Å². The molecule has 9 nitrogen and oxygen atoms in total. The number of carbonyl (C=O) groups is 2. The number of amides is 2. The van der Waals surface area contributed by atoms with Gasteiger partial charge in [-0.1, -0.05) is 18.2 Å². The van der Waals surface area contributed by atoms with Gasteiger partial charge in [0.15, 0.2) is 23.0 Å². The molecule has 0 saturated carbocycles. The fraction of sp³-hybridized carbons (Fsp3) is 0.385. The Kier molecular flexibility index (Phi) is 5.10. The second-order valence-electron chi connectivity index (χ2n) is 9.09. The Morgan fingerprint density at radius 3 is 2.77 bits per heavy atom. The fourth-order valence-electron chi connectivity index (χ4n) is 5.55. The van der Waals surface area contributed by atoms with Gasteiger partial charge in [0.25, 0.3) is 0 Å². The minimum atomic E-state index is -0.788. The van der Waals surface area contributed by atoms with Crippen LogP contribution in [0.15, 0.2) is 48.6 Å². The SMILES string of the molecule is COc1ccc(CCNC(=O)[C@@H]2[C@@H]3C=C[C@@]4(CN(c5ccc6c(c5)OCO6)C(=O)[C@H]24)O3)cc1OC. The van der Waals surface area contributed by atoms with E-state index in [0.717, 1.165) is 5.56 Å². The van der Waals surface area contributed by atoms with E-state index in [4.69, 9.17) is 23.7 Å². The Morgan fingerprint density at radius 2 is 1.94 bits per heavy atom. The third-order valence-electron chi connectivity index (χ3n) is 7.23. The van der Waals surface area contributed by atoms with Gasteiger partial charge in [-0.2, -0.15) is 0 Å². The summed E-state index contributed by atoms with van der Waals surface area (Å²) in [6.07, 6.45) is 4.07. The predicted octanol–water partition coefficient (Wildman–Crippen LogP) is 2.08. The molecule has 4 atom stereocenters. The number of methoxy groups -OCH3 is 2. The zero-order chi connectivity index (χ0) is 24.2. The highest BCUT2D eigenvalue weighted by Gasteiger charge is 2.67. The molecule has 1 N–H and O–H groups in total. The van der Waals surface area contributed by atoms with Crippen molar-refractivity contribution in [3.05, 3.63) is 54.1 Å². The largest absolute Gasteiger partial charge is 0.493 e. The number of rotatable bonds is 7. The second-order valence-corrected chi connectivity index (χ2v) is 9.09. The van der Waals surface area contributed by atoms with Gasteiger partial charge in [0.1, 0.15) is 5.60 Å². The molecule has 0 radical (unpaired) electrons. The van der Waals surface area contributed by atoms with E-state index in [-0.39, 0.29) is 18.6 Å². The smallest absolute Gasteiger partial charge is 0.234 e. The molecule has 4 aliphatic rings. The van der Waals surface area contributed by atoms with E-state index in [1.807, 2.05) is 36.4 Å². The van der Waals surface area contributed by atoms with Crippen molar-refractivity contribution in [2.75, 3.05) is 39.0 Å². The molecule has 1 spiro atoms. The summed E-state index contributed by atoms with van der Waals surface area (Å²) < 4.78 is 27.7. The van der Waals surface area contributed by atoms with Crippen molar-refractivity contribution >= 4 is 17.5 Å². The van der Waals surface area contributed by atoms with Crippen LogP contribution in [0, 0.1) is 11.8 Å². The first-order valence-corrected chi connectivity index (χ1v) is 11.6. The summed E-state index contributed by atoms with van der Waals surface area (Å²) in [4.78, 5) is 28.5. The van der Waals surface area contributed by atoms with Crippen molar-refractivity contribution < 1.29 is 33.3 Å². The van der Waals surface area contributed by atoms with Gasteiger partial charge in [-0.05, 0) is 36.2 Å². The molecule has 2 bridgehead atoms. The molecule has 2 fully saturated rings. The van der Waals surface area contributed by atoms with Crippen molar-refractivity contribution in [1.82, 2.24) is 5.32 Å². The van der Waals surface area contributed by atoms with Crippen molar-refractivity contribution in [2.24, 2.45) is 11.8 Å². The summed E-state index contributed by atoms with van der Waals surface area (Å²) >= 11 is 0. The molecule has 6 rings (SSSR count). The molecule has 35 heavy (non-hydrogen) atoms. The first kappa shape index (κ1) is 21.8. The van der Waals surface area contributed by atoms with Crippen LogP contribution in [0.1, 0.15) is 5.56 Å². The lowest BCUT2D eigenvalue weighted by Gasteiger charge is -2.23. The average Bonchev–Trinajstić information content (AvgIpc) is 3.64. The van der Waals surface area contributed by atoms with Gasteiger partial charge in [0.05, 0.1) is 38.7 Å². The zero-order valence-electron chi connectivity index (χ0n) is 19.5. The van der Waals surface area contributed by atoms with Gasteiger partial charge in [-0.3, -0.25) is 9.59 Å². The van der Waals surface area contributed by atoms with Crippen LogP contribution >= 0.6 is 0 Å². The standard InChI is InChI=1S/C26H26N2O7/c1-31-17-5-3-15(11-20(17)32-2)8-10-27-24(29)22-19-7-9-26(35-19)13-28(25(30)23(22)26)16-4-6-18-21(12-16)34-14-33-18/h3-7,9,11-12,19,22-23H,8,10,13-14H2,1-2H3,(H,27,29)/t19-,22+,23-,26-/m0/s1. The van der Waals surface area contributed by atoms with Crippen molar-refractivity contribution in [3.63, 3.8) is 0 Å². The summed E-state index contributed by atoms with van der Waals surface area (Å²) in [6, 6.07) is 11.1. The summed E-state index contributed by atoms with van der Waals surface area (Å²) in [7, 11) is 3.18.